The van der Waals surface area contributed by atoms with Crippen molar-refractivity contribution in [1.29, 1.82) is 0 Å². The number of anilines is 1. The van der Waals surface area contributed by atoms with Gasteiger partial charge in [-0.05, 0) is 30.7 Å². The molecule has 1 N–H and O–H groups in total. The number of ether oxygens (including phenoxy) is 2. The molecule has 1 aromatic rings. The fraction of sp³-hybridized carbons (Fsp3) is 0.368. The summed E-state index contributed by atoms with van der Waals surface area (Å²) in [7, 11) is 1.58. The van der Waals surface area contributed by atoms with Crippen molar-refractivity contribution < 1.29 is 24.2 Å². The first-order valence-corrected chi connectivity index (χ1v) is 8.21. The van der Waals surface area contributed by atoms with E-state index >= 15 is 0 Å². The normalized spacial score (nSPS) is 35.1. The van der Waals surface area contributed by atoms with Crippen LogP contribution in [0, 0.1) is 11.8 Å². The third-order valence-electron chi connectivity index (χ3n) is 5.45. The van der Waals surface area contributed by atoms with Gasteiger partial charge in [-0.15, -0.1) is 6.58 Å². The number of carbonyl (C=O) groups is 2. The highest BCUT2D eigenvalue weighted by atomic mass is 16.5. The topological polar surface area (TPSA) is 76.1 Å². The molecule has 0 saturated carbocycles. The second-order valence-corrected chi connectivity index (χ2v) is 6.58. The standard InChI is InChI=1S/C19H19NO5/c1-3-4-14-19-10-9-13(25-19)15(18(22)23)16(19)17(21)20(14)11-5-7-12(24-2)8-6-11/h3,5-10,13-16H,1,4H2,2H3,(H,22,23)/t13-,14+,15+,16-,19+/m0/s1. The van der Waals surface area contributed by atoms with Crippen LogP contribution in [0.25, 0.3) is 0 Å². The number of fused-ring (bicyclic) bond motifs is 1. The minimum Gasteiger partial charge on any atom is -0.497 e. The number of carboxylic acids is 1. The van der Waals surface area contributed by atoms with Crippen LogP contribution in [0.3, 0.4) is 0 Å². The van der Waals surface area contributed by atoms with Gasteiger partial charge in [-0.25, -0.2) is 0 Å². The van der Waals surface area contributed by atoms with Crippen molar-refractivity contribution in [3.63, 3.8) is 0 Å². The van der Waals surface area contributed by atoms with E-state index in [1.807, 2.05) is 6.08 Å². The van der Waals surface area contributed by atoms with Crippen LogP contribution >= 0.6 is 0 Å². The first-order chi connectivity index (χ1) is 12.0. The molecule has 5 atom stereocenters. The molecular formula is C19H19NO5. The Kier molecular flexibility index (Phi) is 3.47. The van der Waals surface area contributed by atoms with Crippen molar-refractivity contribution in [1.82, 2.24) is 0 Å². The van der Waals surface area contributed by atoms with Gasteiger partial charge in [0.2, 0.25) is 5.91 Å². The molecule has 0 radical (unpaired) electrons. The average Bonchev–Trinajstić information content (AvgIpc) is 3.24. The highest BCUT2D eigenvalue weighted by molar-refractivity contribution is 6.03. The minimum absolute atomic E-state index is 0.212. The zero-order valence-electron chi connectivity index (χ0n) is 13.8. The van der Waals surface area contributed by atoms with E-state index in [1.54, 1.807) is 48.4 Å². The zero-order valence-corrected chi connectivity index (χ0v) is 13.8. The molecule has 0 aliphatic carbocycles. The first kappa shape index (κ1) is 15.9. The maximum Gasteiger partial charge on any atom is 0.310 e. The van der Waals surface area contributed by atoms with Crippen LogP contribution in [0.15, 0.2) is 49.1 Å². The number of carbonyl (C=O) groups excluding carboxylic acids is 1. The number of carboxylic acid groups (broad SMARTS) is 1. The van der Waals surface area contributed by atoms with Crippen molar-refractivity contribution in [2.75, 3.05) is 12.0 Å². The monoisotopic (exact) mass is 341 g/mol. The Morgan fingerprint density at radius 2 is 2.16 bits per heavy atom. The van der Waals surface area contributed by atoms with Gasteiger partial charge in [0.1, 0.15) is 17.3 Å². The lowest BCUT2D eigenvalue weighted by molar-refractivity contribution is -0.146. The molecule has 2 saturated heterocycles. The maximum absolute atomic E-state index is 13.2. The van der Waals surface area contributed by atoms with Gasteiger partial charge in [0.05, 0.1) is 25.2 Å². The predicted octanol–water partition coefficient (Wildman–Crippen LogP) is 2.01. The summed E-state index contributed by atoms with van der Waals surface area (Å²) in [6.45, 7) is 3.80. The van der Waals surface area contributed by atoms with Crippen molar-refractivity contribution in [3.05, 3.63) is 49.1 Å². The molecule has 3 heterocycles. The van der Waals surface area contributed by atoms with Crippen LogP contribution in [-0.4, -0.2) is 41.8 Å². The average molecular weight is 341 g/mol. The summed E-state index contributed by atoms with van der Waals surface area (Å²) in [6, 6.07) is 6.85. The Balaban J connectivity index is 1.80. The van der Waals surface area contributed by atoms with Crippen molar-refractivity contribution in [2.24, 2.45) is 11.8 Å². The van der Waals surface area contributed by atoms with E-state index in [2.05, 4.69) is 6.58 Å². The summed E-state index contributed by atoms with van der Waals surface area (Å²) in [5.74, 6) is -2.09. The van der Waals surface area contributed by atoms with Gasteiger partial charge in [0.25, 0.3) is 0 Å². The number of rotatable bonds is 5. The second kappa shape index (κ2) is 5.46. The molecule has 2 bridgehead atoms. The minimum atomic E-state index is -0.997. The molecule has 3 aliphatic heterocycles. The van der Waals surface area contributed by atoms with Gasteiger partial charge in [0, 0.05) is 5.69 Å². The van der Waals surface area contributed by atoms with Gasteiger partial charge >= 0.3 is 5.97 Å². The summed E-state index contributed by atoms with van der Waals surface area (Å²) >= 11 is 0. The molecular weight excluding hydrogens is 322 g/mol. The van der Waals surface area contributed by atoms with Crippen molar-refractivity contribution in [3.8, 4) is 5.75 Å². The Hall–Kier alpha value is -2.60. The van der Waals surface area contributed by atoms with E-state index in [1.165, 1.54) is 0 Å². The molecule has 0 aromatic heterocycles. The zero-order chi connectivity index (χ0) is 17.8. The summed E-state index contributed by atoms with van der Waals surface area (Å²) in [4.78, 5) is 26.6. The Morgan fingerprint density at radius 3 is 2.76 bits per heavy atom. The van der Waals surface area contributed by atoms with E-state index in [0.29, 0.717) is 17.9 Å². The summed E-state index contributed by atoms with van der Waals surface area (Å²) in [5.41, 5.74) is -0.204. The van der Waals surface area contributed by atoms with Crippen LogP contribution < -0.4 is 9.64 Å². The molecule has 4 rings (SSSR count). The molecule has 3 aliphatic rings. The summed E-state index contributed by atoms with van der Waals surface area (Å²) < 4.78 is 11.2. The van der Waals surface area contributed by atoms with Gasteiger partial charge in [0.15, 0.2) is 0 Å². The third kappa shape index (κ3) is 2.00. The van der Waals surface area contributed by atoms with Gasteiger partial charge < -0.3 is 19.5 Å². The fourth-order valence-electron chi connectivity index (χ4n) is 4.43. The molecule has 130 valence electrons. The molecule has 6 nitrogen and oxygen atoms in total. The molecule has 25 heavy (non-hydrogen) atoms. The van der Waals surface area contributed by atoms with Crippen molar-refractivity contribution >= 4 is 17.6 Å². The fourth-order valence-corrected chi connectivity index (χ4v) is 4.43. The predicted molar refractivity (Wildman–Crippen MR) is 90.4 cm³/mol. The molecule has 1 spiro atoms. The Bertz CT molecular complexity index is 771. The Morgan fingerprint density at radius 1 is 1.44 bits per heavy atom. The van der Waals surface area contributed by atoms with Crippen LogP contribution in [0.1, 0.15) is 6.42 Å². The van der Waals surface area contributed by atoms with Gasteiger partial charge in [-0.2, -0.15) is 0 Å². The van der Waals surface area contributed by atoms with Crippen LogP contribution in [0.2, 0.25) is 0 Å². The molecule has 0 unspecified atom stereocenters. The van der Waals surface area contributed by atoms with Crippen LogP contribution in [0.4, 0.5) is 5.69 Å². The number of hydrogen-bond donors (Lipinski definition) is 1. The number of nitrogens with zero attached hydrogens (tertiary/aromatic N) is 1. The lowest BCUT2D eigenvalue weighted by Gasteiger charge is -2.32. The lowest BCUT2D eigenvalue weighted by atomic mass is 9.74. The quantitative estimate of drug-likeness (QED) is 0.829. The van der Waals surface area contributed by atoms with Crippen LogP contribution in [0.5, 0.6) is 5.75 Å². The first-order valence-electron chi connectivity index (χ1n) is 8.21. The molecule has 2 fully saturated rings. The van der Waals surface area contributed by atoms with Gasteiger partial charge in [-0.1, -0.05) is 18.2 Å². The summed E-state index contributed by atoms with van der Waals surface area (Å²) in [5, 5.41) is 9.62. The Labute approximate surface area is 145 Å². The molecule has 6 heteroatoms. The summed E-state index contributed by atoms with van der Waals surface area (Å²) in [6.07, 6.45) is 5.35. The van der Waals surface area contributed by atoms with E-state index in [4.69, 9.17) is 9.47 Å². The number of amides is 1. The largest absolute Gasteiger partial charge is 0.497 e. The van der Waals surface area contributed by atoms with E-state index in [0.717, 1.165) is 0 Å². The number of aliphatic carboxylic acids is 1. The maximum atomic E-state index is 13.2. The van der Waals surface area contributed by atoms with E-state index in [9.17, 15) is 14.7 Å². The van der Waals surface area contributed by atoms with Crippen molar-refractivity contribution in [2.45, 2.75) is 24.2 Å². The highest BCUT2D eigenvalue weighted by Crippen LogP contribution is 2.56. The van der Waals surface area contributed by atoms with E-state index < -0.39 is 29.5 Å². The molecule has 1 aromatic carbocycles. The smallest absolute Gasteiger partial charge is 0.310 e. The van der Waals surface area contributed by atoms with E-state index in [-0.39, 0.29) is 11.9 Å². The third-order valence-corrected chi connectivity index (χ3v) is 5.45. The SMILES string of the molecule is C=CC[C@H]1N(c2ccc(OC)cc2)C(=O)[C@@H]2[C@H](C(=O)O)[C@@H]3C=C[C@]21O3. The van der Waals surface area contributed by atoms with Gasteiger partial charge in [-0.3, -0.25) is 9.59 Å². The highest BCUT2D eigenvalue weighted by Gasteiger charge is 2.71. The lowest BCUT2D eigenvalue weighted by Crippen LogP contribution is -2.45. The second-order valence-electron chi connectivity index (χ2n) is 6.58. The van der Waals surface area contributed by atoms with Crippen LogP contribution in [-0.2, 0) is 14.3 Å². The number of benzene rings is 1. The number of hydrogen-bond acceptors (Lipinski definition) is 4. The number of methoxy groups -OCH3 is 1. The molecule has 1 amide bonds.